The number of hydrogen-bond acceptors (Lipinski definition) is 3. The smallest absolute Gasteiger partial charge is 0.196 e. The molecule has 0 amide bonds. The second-order valence-electron chi connectivity index (χ2n) is 4.53. The van der Waals surface area contributed by atoms with Crippen LogP contribution in [0.5, 0.6) is 11.5 Å². The molecular weight excluding hydrogens is 339 g/mol. The van der Waals surface area contributed by atoms with Gasteiger partial charge in [-0.3, -0.25) is 4.79 Å². The first-order valence-electron chi connectivity index (χ1n) is 6.19. The molecule has 0 aliphatic rings. The molecule has 0 aliphatic heterocycles. The van der Waals surface area contributed by atoms with E-state index < -0.39 is 11.6 Å². The highest BCUT2D eigenvalue weighted by atomic mass is 79.9. The normalized spacial score (nSPS) is 10.3. The average molecular weight is 353 g/mol. The van der Waals surface area contributed by atoms with Gasteiger partial charge in [0, 0.05) is 16.1 Å². The van der Waals surface area contributed by atoms with Gasteiger partial charge in [0.05, 0.1) is 19.8 Å². The number of ketones is 1. The highest BCUT2D eigenvalue weighted by Gasteiger charge is 2.19. The number of halogens is 2. The number of rotatable bonds is 4. The fourth-order valence-corrected chi connectivity index (χ4v) is 2.66. The highest BCUT2D eigenvalue weighted by molar-refractivity contribution is 9.10. The van der Waals surface area contributed by atoms with E-state index in [9.17, 15) is 9.18 Å². The molecule has 0 saturated heterocycles. The van der Waals surface area contributed by atoms with E-state index in [-0.39, 0.29) is 11.3 Å². The molecule has 0 saturated carbocycles. The van der Waals surface area contributed by atoms with Crippen LogP contribution in [0.2, 0.25) is 0 Å². The predicted molar refractivity (Wildman–Crippen MR) is 81.8 cm³/mol. The van der Waals surface area contributed by atoms with Crippen LogP contribution in [-0.2, 0) is 0 Å². The minimum atomic E-state index is -0.643. The summed E-state index contributed by atoms with van der Waals surface area (Å²) in [6.45, 7) is 1.87. The standard InChI is InChI=1S/C16H14BrFO3/c1-9-4-10(6-11(17)5-9)16(19)12-7-14(20-2)15(21-3)8-13(12)18/h4-8H,1-3H3. The summed E-state index contributed by atoms with van der Waals surface area (Å²) in [6.07, 6.45) is 0. The summed E-state index contributed by atoms with van der Waals surface area (Å²) in [5.74, 6) is -0.487. The van der Waals surface area contributed by atoms with Crippen molar-refractivity contribution in [2.45, 2.75) is 6.92 Å². The van der Waals surface area contributed by atoms with Gasteiger partial charge in [0.15, 0.2) is 17.3 Å². The maximum atomic E-state index is 14.1. The molecule has 21 heavy (non-hydrogen) atoms. The van der Waals surface area contributed by atoms with Crippen LogP contribution in [-0.4, -0.2) is 20.0 Å². The fourth-order valence-electron chi connectivity index (χ4n) is 2.05. The van der Waals surface area contributed by atoms with E-state index in [1.165, 1.54) is 20.3 Å². The summed E-state index contributed by atoms with van der Waals surface area (Å²) in [5.41, 5.74) is 1.27. The molecule has 0 unspecified atom stereocenters. The van der Waals surface area contributed by atoms with Crippen LogP contribution in [0.15, 0.2) is 34.8 Å². The molecule has 0 spiro atoms. The zero-order valence-corrected chi connectivity index (χ0v) is 13.5. The molecule has 0 bridgehead atoms. The maximum absolute atomic E-state index is 14.1. The predicted octanol–water partition coefficient (Wildman–Crippen LogP) is 4.14. The van der Waals surface area contributed by atoms with Crippen molar-refractivity contribution >= 4 is 21.7 Å². The molecule has 0 aromatic heterocycles. The fraction of sp³-hybridized carbons (Fsp3) is 0.188. The minimum absolute atomic E-state index is 0.0508. The van der Waals surface area contributed by atoms with Crippen LogP contribution >= 0.6 is 15.9 Å². The van der Waals surface area contributed by atoms with E-state index in [0.29, 0.717) is 11.3 Å². The Kier molecular flexibility index (Phi) is 4.63. The second kappa shape index (κ2) is 6.26. The maximum Gasteiger partial charge on any atom is 0.196 e. The molecular formula is C16H14BrFO3. The second-order valence-corrected chi connectivity index (χ2v) is 5.45. The van der Waals surface area contributed by atoms with Crippen LogP contribution in [0, 0.1) is 12.7 Å². The first kappa shape index (κ1) is 15.5. The van der Waals surface area contributed by atoms with Crippen LogP contribution in [0.3, 0.4) is 0 Å². The van der Waals surface area contributed by atoms with Gasteiger partial charge in [0.2, 0.25) is 0 Å². The Labute approximate surface area is 130 Å². The largest absolute Gasteiger partial charge is 0.493 e. The van der Waals surface area contributed by atoms with Crippen molar-refractivity contribution < 1.29 is 18.7 Å². The molecule has 0 N–H and O–H groups in total. The van der Waals surface area contributed by atoms with Crippen molar-refractivity contribution in [1.29, 1.82) is 0 Å². The lowest BCUT2D eigenvalue weighted by molar-refractivity contribution is 0.103. The Morgan fingerprint density at radius 3 is 2.24 bits per heavy atom. The van der Waals surface area contributed by atoms with Crippen LogP contribution < -0.4 is 9.47 Å². The van der Waals surface area contributed by atoms with Gasteiger partial charge in [-0.15, -0.1) is 0 Å². The number of hydrogen-bond donors (Lipinski definition) is 0. The third-order valence-corrected chi connectivity index (χ3v) is 3.48. The first-order valence-corrected chi connectivity index (χ1v) is 6.99. The molecule has 5 heteroatoms. The van der Waals surface area contributed by atoms with Crippen molar-refractivity contribution in [2.24, 2.45) is 0 Å². The summed E-state index contributed by atoms with van der Waals surface area (Å²) in [6, 6.07) is 7.75. The van der Waals surface area contributed by atoms with Crippen molar-refractivity contribution in [1.82, 2.24) is 0 Å². The third kappa shape index (κ3) is 3.24. The molecule has 0 heterocycles. The van der Waals surface area contributed by atoms with Crippen molar-refractivity contribution in [3.05, 3.63) is 57.3 Å². The molecule has 2 aromatic carbocycles. The lowest BCUT2D eigenvalue weighted by atomic mass is 10.0. The Hall–Kier alpha value is -1.88. The summed E-state index contributed by atoms with van der Waals surface area (Å²) < 4.78 is 25.0. The summed E-state index contributed by atoms with van der Waals surface area (Å²) >= 11 is 3.33. The number of carbonyl (C=O) groups excluding carboxylic acids is 1. The zero-order chi connectivity index (χ0) is 15.6. The molecule has 0 fully saturated rings. The van der Waals surface area contributed by atoms with E-state index in [0.717, 1.165) is 16.1 Å². The quantitative estimate of drug-likeness (QED) is 0.775. The van der Waals surface area contributed by atoms with Gasteiger partial charge in [0.1, 0.15) is 5.82 Å². The van der Waals surface area contributed by atoms with E-state index in [1.807, 2.05) is 13.0 Å². The summed E-state index contributed by atoms with van der Waals surface area (Å²) in [4.78, 5) is 12.5. The van der Waals surface area contributed by atoms with E-state index in [2.05, 4.69) is 15.9 Å². The topological polar surface area (TPSA) is 35.5 Å². The lowest BCUT2D eigenvalue weighted by Gasteiger charge is -2.11. The Balaban J connectivity index is 2.52. The Morgan fingerprint density at radius 1 is 1.05 bits per heavy atom. The molecule has 0 aliphatic carbocycles. The van der Waals surface area contributed by atoms with Gasteiger partial charge < -0.3 is 9.47 Å². The highest BCUT2D eigenvalue weighted by Crippen LogP contribution is 2.31. The van der Waals surface area contributed by atoms with Crippen molar-refractivity contribution in [3.8, 4) is 11.5 Å². The van der Waals surface area contributed by atoms with Gasteiger partial charge in [-0.25, -0.2) is 4.39 Å². The SMILES string of the molecule is COc1cc(F)c(C(=O)c2cc(C)cc(Br)c2)cc1OC. The van der Waals surface area contributed by atoms with E-state index in [4.69, 9.17) is 9.47 Å². The molecule has 2 rings (SSSR count). The summed E-state index contributed by atoms with van der Waals surface area (Å²) in [7, 11) is 2.85. The third-order valence-electron chi connectivity index (χ3n) is 3.02. The van der Waals surface area contributed by atoms with Crippen molar-refractivity contribution in [2.75, 3.05) is 14.2 Å². The number of carbonyl (C=O) groups is 1. The number of benzene rings is 2. The van der Waals surface area contributed by atoms with Crippen molar-refractivity contribution in [3.63, 3.8) is 0 Å². The first-order chi connectivity index (χ1) is 9.96. The van der Waals surface area contributed by atoms with Gasteiger partial charge in [0.25, 0.3) is 0 Å². The number of methoxy groups -OCH3 is 2. The lowest BCUT2D eigenvalue weighted by Crippen LogP contribution is -2.06. The number of aryl methyl sites for hydroxylation is 1. The summed E-state index contributed by atoms with van der Waals surface area (Å²) in [5, 5.41) is 0. The van der Waals surface area contributed by atoms with Gasteiger partial charge in [-0.1, -0.05) is 15.9 Å². The van der Waals surface area contributed by atoms with Gasteiger partial charge >= 0.3 is 0 Å². The molecule has 2 aromatic rings. The van der Waals surface area contributed by atoms with Gasteiger partial charge in [-0.05, 0) is 36.8 Å². The molecule has 3 nitrogen and oxygen atoms in total. The monoisotopic (exact) mass is 352 g/mol. The van der Waals surface area contributed by atoms with Crippen LogP contribution in [0.1, 0.15) is 21.5 Å². The van der Waals surface area contributed by atoms with E-state index in [1.54, 1.807) is 12.1 Å². The van der Waals surface area contributed by atoms with Crippen LogP contribution in [0.25, 0.3) is 0 Å². The van der Waals surface area contributed by atoms with Gasteiger partial charge in [-0.2, -0.15) is 0 Å². The zero-order valence-electron chi connectivity index (χ0n) is 11.9. The number of ether oxygens (including phenoxy) is 2. The Bertz CT molecular complexity index is 678. The molecule has 0 radical (unpaired) electrons. The average Bonchev–Trinajstić information content (AvgIpc) is 2.45. The molecule has 0 atom stereocenters. The minimum Gasteiger partial charge on any atom is -0.493 e. The Morgan fingerprint density at radius 2 is 1.67 bits per heavy atom. The molecule has 110 valence electrons. The van der Waals surface area contributed by atoms with E-state index >= 15 is 0 Å². The van der Waals surface area contributed by atoms with Crippen LogP contribution in [0.4, 0.5) is 4.39 Å².